The molecule has 1 heterocycles. The molecule has 0 saturated carbocycles. The number of aromatic nitrogens is 3. The fourth-order valence-electron chi connectivity index (χ4n) is 2.79. The van der Waals surface area contributed by atoms with E-state index in [-0.39, 0.29) is 23.6 Å². The second kappa shape index (κ2) is 9.38. The Morgan fingerprint density at radius 2 is 1.93 bits per heavy atom. The average molecular weight is 410 g/mol. The van der Waals surface area contributed by atoms with E-state index in [1.54, 1.807) is 6.33 Å². The van der Waals surface area contributed by atoms with Crippen LogP contribution in [0.2, 0.25) is 0 Å². The molecule has 0 bridgehead atoms. The van der Waals surface area contributed by atoms with Crippen LogP contribution in [0.15, 0.2) is 60.0 Å². The van der Waals surface area contributed by atoms with E-state index in [0.717, 1.165) is 11.3 Å². The quantitative estimate of drug-likeness (QED) is 0.583. The van der Waals surface area contributed by atoms with Crippen molar-refractivity contribution < 1.29 is 9.59 Å². The number of anilines is 1. The molecule has 2 aromatic carbocycles. The predicted octanol–water partition coefficient (Wildman–Crippen LogP) is 3.50. The SMILES string of the molecule is CC(=O)Nc1cccc(C(C)NC(=O)CSc2nncn2-c2ccc(C)cc2)c1. The Balaban J connectivity index is 1.59. The third-order valence-corrected chi connectivity index (χ3v) is 5.19. The van der Waals surface area contributed by atoms with Gasteiger partial charge in [0.25, 0.3) is 0 Å². The van der Waals surface area contributed by atoms with Crippen molar-refractivity contribution in [3.63, 3.8) is 0 Å². The van der Waals surface area contributed by atoms with Gasteiger partial charge in [0, 0.05) is 18.3 Å². The number of amides is 2. The molecule has 3 aromatic rings. The highest BCUT2D eigenvalue weighted by Gasteiger charge is 2.13. The topological polar surface area (TPSA) is 88.9 Å². The van der Waals surface area contributed by atoms with Gasteiger partial charge in [-0.25, -0.2) is 0 Å². The van der Waals surface area contributed by atoms with E-state index >= 15 is 0 Å². The van der Waals surface area contributed by atoms with Gasteiger partial charge >= 0.3 is 0 Å². The van der Waals surface area contributed by atoms with Gasteiger partial charge in [0.2, 0.25) is 11.8 Å². The van der Waals surface area contributed by atoms with Gasteiger partial charge in [-0.3, -0.25) is 14.2 Å². The van der Waals surface area contributed by atoms with E-state index in [2.05, 4.69) is 20.8 Å². The van der Waals surface area contributed by atoms with E-state index in [4.69, 9.17) is 0 Å². The number of thioether (sulfide) groups is 1. The molecule has 2 N–H and O–H groups in total. The number of carbonyl (C=O) groups is 2. The number of hydrogen-bond donors (Lipinski definition) is 2. The number of benzene rings is 2. The number of carbonyl (C=O) groups excluding carboxylic acids is 2. The van der Waals surface area contributed by atoms with Crippen molar-refractivity contribution in [2.24, 2.45) is 0 Å². The summed E-state index contributed by atoms with van der Waals surface area (Å²) in [6.45, 7) is 5.40. The normalized spacial score (nSPS) is 11.7. The van der Waals surface area contributed by atoms with Crippen molar-refractivity contribution in [2.75, 3.05) is 11.1 Å². The van der Waals surface area contributed by atoms with Crippen LogP contribution >= 0.6 is 11.8 Å². The Hall–Kier alpha value is -3.13. The number of nitrogens with one attached hydrogen (secondary N) is 2. The fourth-order valence-corrected chi connectivity index (χ4v) is 3.53. The van der Waals surface area contributed by atoms with Crippen molar-refractivity contribution in [2.45, 2.75) is 32.0 Å². The third-order valence-electron chi connectivity index (χ3n) is 4.25. The van der Waals surface area contributed by atoms with Gasteiger partial charge in [-0.1, -0.05) is 41.6 Å². The number of hydrogen-bond acceptors (Lipinski definition) is 5. The zero-order valence-corrected chi connectivity index (χ0v) is 17.4. The van der Waals surface area contributed by atoms with Crippen LogP contribution in [0.3, 0.4) is 0 Å². The standard InChI is InChI=1S/C21H23N5O2S/c1-14-7-9-19(10-8-14)26-13-22-25-21(26)29-12-20(28)23-15(2)17-5-4-6-18(11-17)24-16(3)27/h4-11,13,15H,12H2,1-3H3,(H,23,28)(H,24,27). The first-order valence-electron chi connectivity index (χ1n) is 9.19. The molecule has 0 aliphatic rings. The minimum absolute atomic E-state index is 0.106. The molecule has 0 radical (unpaired) electrons. The minimum atomic E-state index is -0.188. The third kappa shape index (κ3) is 5.68. The molecular formula is C21H23N5O2S. The highest BCUT2D eigenvalue weighted by Crippen LogP contribution is 2.21. The Bertz CT molecular complexity index is 1000. The molecule has 150 valence electrons. The second-order valence-electron chi connectivity index (χ2n) is 6.70. The Labute approximate surface area is 173 Å². The number of rotatable bonds is 7. The highest BCUT2D eigenvalue weighted by molar-refractivity contribution is 7.99. The Kier molecular flexibility index (Phi) is 6.66. The lowest BCUT2D eigenvalue weighted by atomic mass is 10.1. The maximum Gasteiger partial charge on any atom is 0.230 e. The monoisotopic (exact) mass is 409 g/mol. The number of nitrogens with zero attached hydrogens (tertiary/aromatic N) is 3. The summed E-state index contributed by atoms with van der Waals surface area (Å²) in [5, 5.41) is 14.5. The molecule has 2 amide bonds. The van der Waals surface area contributed by atoms with Gasteiger partial charge in [0.15, 0.2) is 5.16 Å². The van der Waals surface area contributed by atoms with Gasteiger partial charge < -0.3 is 10.6 Å². The Morgan fingerprint density at radius 3 is 2.66 bits per heavy atom. The molecule has 0 fully saturated rings. The molecular weight excluding hydrogens is 386 g/mol. The van der Waals surface area contributed by atoms with E-state index in [1.165, 1.54) is 24.2 Å². The molecule has 8 heteroatoms. The molecule has 0 aliphatic carbocycles. The molecule has 1 unspecified atom stereocenters. The van der Waals surface area contributed by atoms with E-state index in [0.29, 0.717) is 10.8 Å². The van der Waals surface area contributed by atoms with Gasteiger partial charge in [-0.15, -0.1) is 10.2 Å². The summed E-state index contributed by atoms with van der Waals surface area (Å²) in [5.41, 5.74) is 3.74. The van der Waals surface area contributed by atoms with Crippen LogP contribution in [0.4, 0.5) is 5.69 Å². The fraction of sp³-hybridized carbons (Fsp3) is 0.238. The second-order valence-corrected chi connectivity index (χ2v) is 7.65. The van der Waals surface area contributed by atoms with E-state index < -0.39 is 0 Å². The molecule has 0 spiro atoms. The van der Waals surface area contributed by atoms with Gasteiger partial charge in [-0.05, 0) is 43.7 Å². The lowest BCUT2D eigenvalue weighted by molar-refractivity contribution is -0.119. The number of aryl methyl sites for hydroxylation is 1. The zero-order valence-electron chi connectivity index (χ0n) is 16.5. The van der Waals surface area contributed by atoms with E-state index in [9.17, 15) is 9.59 Å². The first kappa shape index (κ1) is 20.6. The van der Waals surface area contributed by atoms with Crippen LogP contribution in [0.1, 0.15) is 31.0 Å². The molecule has 0 aliphatic heterocycles. The Morgan fingerprint density at radius 1 is 1.17 bits per heavy atom. The van der Waals surface area contributed by atoms with Crippen LogP contribution in [0, 0.1) is 6.92 Å². The summed E-state index contributed by atoms with van der Waals surface area (Å²) in [4.78, 5) is 23.6. The van der Waals surface area contributed by atoms with Crippen LogP contribution in [-0.4, -0.2) is 32.3 Å². The van der Waals surface area contributed by atoms with Gasteiger partial charge in [0.05, 0.1) is 11.8 Å². The summed E-state index contributed by atoms with van der Waals surface area (Å²) in [6.07, 6.45) is 1.64. The molecule has 29 heavy (non-hydrogen) atoms. The predicted molar refractivity (Wildman–Crippen MR) is 114 cm³/mol. The van der Waals surface area contributed by atoms with Gasteiger partial charge in [-0.2, -0.15) is 0 Å². The van der Waals surface area contributed by atoms with Crippen molar-refractivity contribution in [1.82, 2.24) is 20.1 Å². The summed E-state index contributed by atoms with van der Waals surface area (Å²) < 4.78 is 1.86. The van der Waals surface area contributed by atoms with Crippen LogP contribution in [-0.2, 0) is 9.59 Å². The summed E-state index contributed by atoms with van der Waals surface area (Å²) >= 11 is 1.33. The van der Waals surface area contributed by atoms with Crippen molar-refractivity contribution in [3.8, 4) is 5.69 Å². The molecule has 3 rings (SSSR count). The summed E-state index contributed by atoms with van der Waals surface area (Å²) in [5.74, 6) is -0.0147. The maximum absolute atomic E-state index is 12.4. The largest absolute Gasteiger partial charge is 0.349 e. The van der Waals surface area contributed by atoms with Crippen LogP contribution in [0.25, 0.3) is 5.69 Å². The molecule has 1 aromatic heterocycles. The lowest BCUT2D eigenvalue weighted by Gasteiger charge is -2.15. The summed E-state index contributed by atoms with van der Waals surface area (Å²) in [6, 6.07) is 15.3. The smallest absolute Gasteiger partial charge is 0.230 e. The molecule has 1 atom stereocenters. The first-order chi connectivity index (χ1) is 13.9. The van der Waals surface area contributed by atoms with Gasteiger partial charge in [0.1, 0.15) is 6.33 Å². The minimum Gasteiger partial charge on any atom is -0.349 e. The van der Waals surface area contributed by atoms with E-state index in [1.807, 2.05) is 66.9 Å². The lowest BCUT2D eigenvalue weighted by Crippen LogP contribution is -2.28. The zero-order chi connectivity index (χ0) is 20.8. The molecule has 7 nitrogen and oxygen atoms in total. The average Bonchev–Trinajstić information content (AvgIpc) is 3.15. The highest BCUT2D eigenvalue weighted by atomic mass is 32.2. The summed E-state index contributed by atoms with van der Waals surface area (Å²) in [7, 11) is 0. The van der Waals surface area contributed by atoms with Crippen LogP contribution in [0.5, 0.6) is 0 Å². The van der Waals surface area contributed by atoms with Crippen molar-refractivity contribution in [3.05, 3.63) is 66.0 Å². The van der Waals surface area contributed by atoms with Crippen molar-refractivity contribution in [1.29, 1.82) is 0 Å². The van der Waals surface area contributed by atoms with Crippen LogP contribution < -0.4 is 10.6 Å². The maximum atomic E-state index is 12.4. The first-order valence-corrected chi connectivity index (χ1v) is 10.2. The molecule has 0 saturated heterocycles. The van der Waals surface area contributed by atoms with Crippen molar-refractivity contribution >= 4 is 29.3 Å².